The van der Waals surface area contributed by atoms with Crippen LogP contribution in [0.4, 0.5) is 0 Å². The van der Waals surface area contributed by atoms with Crippen LogP contribution >= 0.6 is 0 Å². The number of ether oxygens (including phenoxy) is 6. The van der Waals surface area contributed by atoms with Gasteiger partial charge in [0.15, 0.2) is 0 Å². The summed E-state index contributed by atoms with van der Waals surface area (Å²) in [5.74, 6) is -1.51. The molecule has 0 N–H and O–H groups in total. The largest absolute Gasteiger partial charge is 0.465 e. The second kappa shape index (κ2) is 21.2. The number of carbonyl (C=O) groups excluding carboxylic acids is 4. The molecular formula is C33H40N2O10. The molecule has 45 heavy (non-hydrogen) atoms. The SMILES string of the molecule is COCCOCCOC(=O)CC(C)(COC(=O)CCc1cccc(CN=C=O)c1)COC(=O)CCc1cccc(COC#N)c1. The molecule has 242 valence electrons. The van der Waals surface area contributed by atoms with Crippen molar-refractivity contribution in [1.29, 1.82) is 5.26 Å². The van der Waals surface area contributed by atoms with E-state index in [-0.39, 0.29) is 58.8 Å². The van der Waals surface area contributed by atoms with E-state index in [9.17, 15) is 19.2 Å². The first kappa shape index (κ1) is 36.6. The van der Waals surface area contributed by atoms with Crippen LogP contribution < -0.4 is 0 Å². The number of carbonyl (C=O) groups is 3. The Balaban J connectivity index is 1.93. The van der Waals surface area contributed by atoms with E-state index >= 15 is 0 Å². The fourth-order valence-corrected chi connectivity index (χ4v) is 4.15. The molecule has 0 saturated heterocycles. The number of aryl methyl sites for hydroxylation is 2. The lowest BCUT2D eigenvalue weighted by atomic mass is 9.88. The number of nitrogens with zero attached hydrogens (tertiary/aromatic N) is 2. The Morgan fingerprint density at radius 1 is 0.800 bits per heavy atom. The predicted octanol–water partition coefficient (Wildman–Crippen LogP) is 3.77. The summed E-state index contributed by atoms with van der Waals surface area (Å²) in [7, 11) is 1.56. The second-order valence-corrected chi connectivity index (χ2v) is 10.6. The number of isocyanates is 1. The van der Waals surface area contributed by atoms with Crippen LogP contribution in [0.15, 0.2) is 53.5 Å². The van der Waals surface area contributed by atoms with Gasteiger partial charge in [0.1, 0.15) is 26.4 Å². The molecule has 0 saturated carbocycles. The number of benzene rings is 2. The third-order valence-corrected chi connectivity index (χ3v) is 6.50. The quantitative estimate of drug-likeness (QED) is 0.0468. The molecule has 0 heterocycles. The van der Waals surface area contributed by atoms with Crippen LogP contribution in [0.25, 0.3) is 0 Å². The van der Waals surface area contributed by atoms with E-state index in [0.29, 0.717) is 26.1 Å². The van der Waals surface area contributed by atoms with Gasteiger partial charge in [-0.25, -0.2) is 9.79 Å². The van der Waals surface area contributed by atoms with Crippen LogP contribution in [0.1, 0.15) is 48.4 Å². The van der Waals surface area contributed by atoms with Gasteiger partial charge in [0.2, 0.25) is 6.08 Å². The van der Waals surface area contributed by atoms with E-state index < -0.39 is 23.3 Å². The maximum absolute atomic E-state index is 12.6. The van der Waals surface area contributed by atoms with Crippen molar-refractivity contribution >= 4 is 24.0 Å². The summed E-state index contributed by atoms with van der Waals surface area (Å²) in [5, 5.41) is 8.60. The van der Waals surface area contributed by atoms with Crippen LogP contribution in [0.2, 0.25) is 0 Å². The van der Waals surface area contributed by atoms with E-state index in [1.54, 1.807) is 20.3 Å². The molecule has 0 radical (unpaired) electrons. The van der Waals surface area contributed by atoms with Crippen molar-refractivity contribution in [3.8, 4) is 6.26 Å². The Morgan fingerprint density at radius 2 is 1.38 bits per heavy atom. The molecule has 0 amide bonds. The highest BCUT2D eigenvalue weighted by atomic mass is 16.6. The van der Waals surface area contributed by atoms with Gasteiger partial charge in [-0.15, -0.1) is 0 Å². The minimum Gasteiger partial charge on any atom is -0.465 e. The molecule has 0 fully saturated rings. The number of methoxy groups -OCH3 is 1. The Labute approximate surface area is 263 Å². The molecule has 2 aromatic rings. The number of nitriles is 1. The zero-order chi connectivity index (χ0) is 32.8. The normalized spacial score (nSPS) is 11.8. The minimum absolute atomic E-state index is 0.0356. The van der Waals surface area contributed by atoms with Crippen molar-refractivity contribution in [3.05, 3.63) is 70.8 Å². The van der Waals surface area contributed by atoms with Gasteiger partial charge in [0, 0.05) is 25.4 Å². The molecule has 2 aromatic carbocycles. The van der Waals surface area contributed by atoms with Crippen molar-refractivity contribution in [2.75, 3.05) is 46.8 Å². The minimum atomic E-state index is -1.04. The summed E-state index contributed by atoms with van der Waals surface area (Å²) >= 11 is 0. The summed E-state index contributed by atoms with van der Waals surface area (Å²) in [6.07, 6.45) is 3.94. The first-order valence-electron chi connectivity index (χ1n) is 14.5. The second-order valence-electron chi connectivity index (χ2n) is 10.6. The molecular weight excluding hydrogens is 584 g/mol. The number of rotatable bonds is 22. The van der Waals surface area contributed by atoms with Gasteiger partial charge in [-0.05, 0) is 35.1 Å². The predicted molar refractivity (Wildman–Crippen MR) is 160 cm³/mol. The maximum Gasteiger partial charge on any atom is 0.306 e. The molecule has 0 spiro atoms. The summed E-state index contributed by atoms with van der Waals surface area (Å²) < 4.78 is 31.3. The monoisotopic (exact) mass is 624 g/mol. The zero-order valence-corrected chi connectivity index (χ0v) is 25.8. The number of aliphatic imine (C=N–C) groups is 1. The number of esters is 3. The molecule has 2 rings (SSSR count). The highest BCUT2D eigenvalue weighted by molar-refractivity contribution is 5.72. The van der Waals surface area contributed by atoms with E-state index in [1.807, 2.05) is 48.5 Å². The number of hydrogen-bond donors (Lipinski definition) is 0. The summed E-state index contributed by atoms with van der Waals surface area (Å²) in [5.41, 5.74) is 2.34. The van der Waals surface area contributed by atoms with Crippen molar-refractivity contribution in [3.63, 3.8) is 0 Å². The fourth-order valence-electron chi connectivity index (χ4n) is 4.15. The third-order valence-electron chi connectivity index (χ3n) is 6.50. The van der Waals surface area contributed by atoms with Crippen LogP contribution in [-0.4, -0.2) is 70.7 Å². The average molecular weight is 625 g/mol. The molecule has 0 bridgehead atoms. The lowest BCUT2D eigenvalue weighted by molar-refractivity contribution is -0.161. The molecule has 0 aliphatic heterocycles. The van der Waals surface area contributed by atoms with Crippen LogP contribution in [0.3, 0.4) is 0 Å². The zero-order valence-electron chi connectivity index (χ0n) is 25.8. The Morgan fingerprint density at radius 3 is 1.98 bits per heavy atom. The van der Waals surface area contributed by atoms with Crippen molar-refractivity contribution in [2.45, 2.75) is 52.2 Å². The Kier molecular flexibility index (Phi) is 17.3. The fraction of sp³-hybridized carbons (Fsp3) is 0.485. The van der Waals surface area contributed by atoms with E-state index in [4.69, 9.17) is 33.7 Å². The van der Waals surface area contributed by atoms with E-state index in [1.165, 1.54) is 6.08 Å². The van der Waals surface area contributed by atoms with Crippen LogP contribution in [0, 0.1) is 16.9 Å². The molecule has 0 aliphatic rings. The first-order valence-corrected chi connectivity index (χ1v) is 14.5. The lowest BCUT2D eigenvalue weighted by Crippen LogP contribution is -2.35. The van der Waals surface area contributed by atoms with Gasteiger partial charge in [0.25, 0.3) is 6.26 Å². The third kappa shape index (κ3) is 16.2. The molecule has 12 nitrogen and oxygen atoms in total. The lowest BCUT2D eigenvalue weighted by Gasteiger charge is -2.27. The summed E-state index contributed by atoms with van der Waals surface area (Å²) in [6, 6.07) is 14.7. The van der Waals surface area contributed by atoms with Gasteiger partial charge in [-0.3, -0.25) is 14.4 Å². The van der Waals surface area contributed by atoms with Crippen molar-refractivity contribution in [2.24, 2.45) is 10.4 Å². The molecule has 0 aliphatic carbocycles. The van der Waals surface area contributed by atoms with Gasteiger partial charge in [-0.2, -0.15) is 5.26 Å². The Hall–Kier alpha value is -4.56. The highest BCUT2D eigenvalue weighted by Crippen LogP contribution is 2.24. The smallest absolute Gasteiger partial charge is 0.306 e. The van der Waals surface area contributed by atoms with Gasteiger partial charge in [-0.1, -0.05) is 55.5 Å². The Bertz CT molecular complexity index is 1320. The molecule has 0 aromatic heterocycles. The van der Waals surface area contributed by atoms with Gasteiger partial charge < -0.3 is 28.4 Å². The maximum atomic E-state index is 12.6. The van der Waals surface area contributed by atoms with Crippen LogP contribution in [-0.2, 0) is 73.6 Å². The first-order chi connectivity index (χ1) is 21.8. The van der Waals surface area contributed by atoms with Crippen molar-refractivity contribution < 1.29 is 47.6 Å². The molecule has 1 atom stereocenters. The average Bonchev–Trinajstić information content (AvgIpc) is 3.04. The standard InChI is InChI=1S/C33H40N2O10/c1-33(19-32(39)43-16-15-41-14-13-40-2,22-44-30(37)11-9-26-5-3-7-28(17-26)20-35-25-36)23-45-31(38)12-10-27-6-4-8-29(18-27)21-42-24-34/h3-8,17-18H,9-16,19-23H2,1-2H3. The van der Waals surface area contributed by atoms with Gasteiger partial charge >= 0.3 is 17.9 Å². The summed E-state index contributed by atoms with van der Waals surface area (Å²) in [6.45, 7) is 2.70. The van der Waals surface area contributed by atoms with E-state index in [2.05, 4.69) is 4.99 Å². The number of hydrogen-bond acceptors (Lipinski definition) is 12. The van der Waals surface area contributed by atoms with Gasteiger partial charge in [0.05, 0.1) is 32.8 Å². The molecule has 12 heteroatoms. The van der Waals surface area contributed by atoms with Crippen LogP contribution in [0.5, 0.6) is 0 Å². The van der Waals surface area contributed by atoms with E-state index in [0.717, 1.165) is 22.3 Å². The topological polar surface area (TPSA) is 160 Å². The summed E-state index contributed by atoms with van der Waals surface area (Å²) in [4.78, 5) is 51.8. The molecule has 1 unspecified atom stereocenters. The van der Waals surface area contributed by atoms with Crippen molar-refractivity contribution in [1.82, 2.24) is 0 Å². The highest BCUT2D eigenvalue weighted by Gasteiger charge is 2.32.